The lowest BCUT2D eigenvalue weighted by molar-refractivity contribution is 0.301. The number of anilines is 1. The minimum Gasteiger partial charge on any atom is -0.369 e. The summed E-state index contributed by atoms with van der Waals surface area (Å²) in [6, 6.07) is 8.94. The number of hydrogen-bond acceptors (Lipinski definition) is 2. The summed E-state index contributed by atoms with van der Waals surface area (Å²) in [6.07, 6.45) is 4.93. The van der Waals surface area contributed by atoms with Gasteiger partial charge in [-0.1, -0.05) is 58.7 Å². The molecule has 1 aromatic carbocycles. The maximum absolute atomic E-state index is 3.85. The molecule has 0 bridgehead atoms. The molecule has 0 saturated heterocycles. The fourth-order valence-electron chi connectivity index (χ4n) is 3.50. The predicted octanol–water partition coefficient (Wildman–Crippen LogP) is 4.59. The van der Waals surface area contributed by atoms with Crippen LogP contribution in [0.25, 0.3) is 0 Å². The van der Waals surface area contributed by atoms with E-state index in [0.29, 0.717) is 0 Å². The van der Waals surface area contributed by atoms with Crippen molar-refractivity contribution in [3.8, 4) is 0 Å². The van der Waals surface area contributed by atoms with Crippen LogP contribution in [0, 0.1) is 5.92 Å². The molecule has 0 spiro atoms. The molecule has 2 rings (SSSR count). The van der Waals surface area contributed by atoms with E-state index in [4.69, 9.17) is 0 Å². The lowest BCUT2D eigenvalue weighted by Crippen LogP contribution is -2.51. The third-order valence-electron chi connectivity index (χ3n) is 5.47. The zero-order valence-corrected chi connectivity index (χ0v) is 14.3. The molecule has 1 aromatic rings. The Morgan fingerprint density at radius 2 is 1.76 bits per heavy atom. The molecule has 0 saturated carbocycles. The Kier molecular flexibility index (Phi) is 5.69. The number of para-hydroxylation sites is 1. The predicted molar refractivity (Wildman–Crippen MR) is 92.9 cm³/mol. The first kappa shape index (κ1) is 16.4. The van der Waals surface area contributed by atoms with Gasteiger partial charge in [-0.15, -0.1) is 0 Å². The van der Waals surface area contributed by atoms with Gasteiger partial charge in [-0.3, -0.25) is 0 Å². The van der Waals surface area contributed by atoms with Gasteiger partial charge in [-0.2, -0.15) is 0 Å². The number of benzene rings is 1. The Balaban J connectivity index is 2.31. The van der Waals surface area contributed by atoms with Crippen molar-refractivity contribution in [2.75, 3.05) is 18.0 Å². The van der Waals surface area contributed by atoms with E-state index in [1.54, 1.807) is 0 Å². The van der Waals surface area contributed by atoms with Gasteiger partial charge < -0.3 is 10.2 Å². The maximum Gasteiger partial charge on any atom is 0.0412 e. The highest BCUT2D eigenvalue weighted by Crippen LogP contribution is 2.30. The average molecular weight is 288 g/mol. The zero-order valence-electron chi connectivity index (χ0n) is 14.3. The van der Waals surface area contributed by atoms with Crippen molar-refractivity contribution in [1.82, 2.24) is 5.32 Å². The van der Waals surface area contributed by atoms with E-state index in [1.165, 1.54) is 43.5 Å². The molecule has 0 fully saturated rings. The van der Waals surface area contributed by atoms with Crippen LogP contribution in [0.5, 0.6) is 0 Å². The summed E-state index contributed by atoms with van der Waals surface area (Å²) in [5.74, 6) is 0.794. The van der Waals surface area contributed by atoms with E-state index in [9.17, 15) is 0 Å². The van der Waals surface area contributed by atoms with E-state index >= 15 is 0 Å². The van der Waals surface area contributed by atoms with E-state index in [1.807, 2.05) is 0 Å². The zero-order chi connectivity index (χ0) is 15.3. The van der Waals surface area contributed by atoms with Crippen LogP contribution in [0.15, 0.2) is 24.3 Å². The van der Waals surface area contributed by atoms with Crippen LogP contribution in [-0.4, -0.2) is 18.6 Å². The van der Waals surface area contributed by atoms with Crippen molar-refractivity contribution in [1.29, 1.82) is 0 Å². The minimum atomic E-state index is 0.255. The molecule has 0 amide bonds. The van der Waals surface area contributed by atoms with Gasteiger partial charge in [0.05, 0.1) is 0 Å². The van der Waals surface area contributed by atoms with Gasteiger partial charge in [0, 0.05) is 30.9 Å². The van der Waals surface area contributed by atoms with Gasteiger partial charge in [0.15, 0.2) is 0 Å². The van der Waals surface area contributed by atoms with Gasteiger partial charge in [0.25, 0.3) is 0 Å². The minimum absolute atomic E-state index is 0.255. The number of fused-ring (bicyclic) bond motifs is 1. The summed E-state index contributed by atoms with van der Waals surface area (Å²) in [7, 11) is 0. The normalized spacial score (nSPS) is 17.7. The van der Waals surface area contributed by atoms with Gasteiger partial charge in [0.2, 0.25) is 0 Å². The highest BCUT2D eigenvalue weighted by atomic mass is 15.2. The molecular weight excluding hydrogens is 256 g/mol. The Bertz CT molecular complexity index is 433. The molecule has 1 aliphatic heterocycles. The van der Waals surface area contributed by atoms with Gasteiger partial charge in [0.1, 0.15) is 0 Å². The van der Waals surface area contributed by atoms with Crippen LogP contribution in [0.4, 0.5) is 5.69 Å². The van der Waals surface area contributed by atoms with Crippen LogP contribution >= 0.6 is 0 Å². The van der Waals surface area contributed by atoms with Crippen molar-refractivity contribution >= 4 is 5.69 Å². The fourth-order valence-corrected chi connectivity index (χ4v) is 3.50. The molecule has 0 aromatic heterocycles. The first-order valence-corrected chi connectivity index (χ1v) is 8.75. The van der Waals surface area contributed by atoms with Crippen molar-refractivity contribution in [3.63, 3.8) is 0 Å². The average Bonchev–Trinajstić information content (AvgIpc) is 2.70. The van der Waals surface area contributed by atoms with Crippen molar-refractivity contribution in [3.05, 3.63) is 29.8 Å². The number of rotatable bonds is 6. The Labute approximate surface area is 130 Å². The third kappa shape index (κ3) is 3.60. The molecular formula is C19H32N2. The number of hydrogen-bond donors (Lipinski definition) is 1. The van der Waals surface area contributed by atoms with E-state index in [2.05, 4.69) is 62.2 Å². The highest BCUT2D eigenvalue weighted by molar-refractivity contribution is 5.55. The van der Waals surface area contributed by atoms with Crippen LogP contribution < -0.4 is 10.2 Å². The smallest absolute Gasteiger partial charge is 0.0412 e. The molecule has 0 radical (unpaired) electrons. The molecule has 2 nitrogen and oxygen atoms in total. The summed E-state index contributed by atoms with van der Waals surface area (Å²) in [5, 5.41) is 3.85. The second-order valence-electron chi connectivity index (χ2n) is 6.53. The third-order valence-corrected chi connectivity index (χ3v) is 5.47. The van der Waals surface area contributed by atoms with Crippen LogP contribution in [-0.2, 0) is 6.54 Å². The van der Waals surface area contributed by atoms with E-state index in [0.717, 1.165) is 19.0 Å². The quantitative estimate of drug-likeness (QED) is 0.823. The first-order valence-electron chi connectivity index (χ1n) is 8.75. The molecule has 0 atom stereocenters. The van der Waals surface area contributed by atoms with Crippen molar-refractivity contribution < 1.29 is 0 Å². The van der Waals surface area contributed by atoms with Crippen LogP contribution in [0.3, 0.4) is 0 Å². The van der Waals surface area contributed by atoms with Crippen LogP contribution in [0.2, 0.25) is 0 Å². The second-order valence-corrected chi connectivity index (χ2v) is 6.53. The lowest BCUT2D eigenvalue weighted by atomic mass is 9.91. The topological polar surface area (TPSA) is 15.3 Å². The summed E-state index contributed by atoms with van der Waals surface area (Å²) in [4.78, 5) is 2.65. The highest BCUT2D eigenvalue weighted by Gasteiger charge is 2.32. The standard InChI is InChI=1S/C19H32N2/c1-5-16(6-2)14-21-15-19(7-3,8-4)20-13-17-11-9-10-12-18(17)21/h9-12,16,20H,5-8,13-15H2,1-4H3. The fraction of sp³-hybridized carbons (Fsp3) is 0.684. The first-order chi connectivity index (χ1) is 10.2. The summed E-state index contributed by atoms with van der Waals surface area (Å²) >= 11 is 0. The Hall–Kier alpha value is -1.02. The van der Waals surface area contributed by atoms with E-state index < -0.39 is 0 Å². The lowest BCUT2D eigenvalue weighted by Gasteiger charge is -2.38. The summed E-state index contributed by atoms with van der Waals surface area (Å²) in [5.41, 5.74) is 3.15. The SMILES string of the molecule is CCC(CC)CN1CC(CC)(CC)NCc2ccccc21. The van der Waals surface area contributed by atoms with Gasteiger partial charge in [-0.05, 0) is 30.4 Å². The molecule has 21 heavy (non-hydrogen) atoms. The summed E-state index contributed by atoms with van der Waals surface area (Å²) in [6.45, 7) is 12.6. The van der Waals surface area contributed by atoms with Crippen molar-refractivity contribution in [2.24, 2.45) is 5.92 Å². The Morgan fingerprint density at radius 1 is 1.10 bits per heavy atom. The van der Waals surface area contributed by atoms with Crippen molar-refractivity contribution in [2.45, 2.75) is 65.5 Å². The molecule has 1 N–H and O–H groups in total. The summed E-state index contributed by atoms with van der Waals surface area (Å²) < 4.78 is 0. The molecule has 1 heterocycles. The molecule has 2 heteroatoms. The monoisotopic (exact) mass is 288 g/mol. The van der Waals surface area contributed by atoms with E-state index in [-0.39, 0.29) is 5.54 Å². The van der Waals surface area contributed by atoms with Gasteiger partial charge >= 0.3 is 0 Å². The number of nitrogens with one attached hydrogen (secondary N) is 1. The molecule has 0 unspecified atom stereocenters. The van der Waals surface area contributed by atoms with Crippen LogP contribution in [0.1, 0.15) is 58.9 Å². The molecule has 118 valence electrons. The largest absolute Gasteiger partial charge is 0.369 e. The number of nitrogens with zero attached hydrogens (tertiary/aromatic N) is 1. The molecule has 0 aliphatic carbocycles. The Morgan fingerprint density at radius 3 is 2.38 bits per heavy atom. The second kappa shape index (κ2) is 7.31. The van der Waals surface area contributed by atoms with Gasteiger partial charge in [-0.25, -0.2) is 0 Å². The maximum atomic E-state index is 3.85. The molecule has 1 aliphatic rings.